The van der Waals surface area contributed by atoms with Crippen molar-refractivity contribution in [2.75, 3.05) is 6.61 Å². The van der Waals surface area contributed by atoms with Gasteiger partial charge in [0.15, 0.2) is 0 Å². The van der Waals surface area contributed by atoms with Crippen LogP contribution in [0.1, 0.15) is 121 Å². The number of rotatable bonds is 13. The molecular weight excluding hydrogens is 697 g/mol. The lowest BCUT2D eigenvalue weighted by Gasteiger charge is -2.35. The normalized spacial score (nSPS) is 19.0. The predicted octanol–water partition coefficient (Wildman–Crippen LogP) is 12.1. The minimum absolute atomic E-state index is 0.201. The third-order valence-corrected chi connectivity index (χ3v) is 12.5. The van der Waals surface area contributed by atoms with Gasteiger partial charge >= 0.3 is 6.16 Å². The number of carbonyl (C=O) groups is 1. The van der Waals surface area contributed by atoms with Crippen LogP contribution in [0.2, 0.25) is 0 Å². The highest BCUT2D eigenvalue weighted by atomic mass is 32.1. The van der Waals surface area contributed by atoms with Gasteiger partial charge in [-0.15, -0.1) is 0 Å². The Balaban J connectivity index is 1.36. The van der Waals surface area contributed by atoms with E-state index in [-0.39, 0.29) is 22.9 Å². The molecule has 2 N–H and O–H groups in total. The number of fused-ring (bicyclic) bond motifs is 3. The zero-order valence-electron chi connectivity index (χ0n) is 33.9. The molecule has 2 aliphatic carbocycles. The third kappa shape index (κ3) is 7.99. The van der Waals surface area contributed by atoms with Crippen molar-refractivity contribution in [3.8, 4) is 11.1 Å². The summed E-state index contributed by atoms with van der Waals surface area (Å²) in [7, 11) is 0. The zero-order chi connectivity index (χ0) is 39.6. The molecule has 0 fully saturated rings. The van der Waals surface area contributed by atoms with Gasteiger partial charge in [-0.1, -0.05) is 151 Å². The van der Waals surface area contributed by atoms with Crippen LogP contribution in [0.25, 0.3) is 16.7 Å². The smallest absolute Gasteiger partial charge is 0.434 e. The van der Waals surface area contributed by atoms with Gasteiger partial charge in [0.05, 0.1) is 18.4 Å². The number of hydrogen-bond donors (Lipinski definition) is 2. The van der Waals surface area contributed by atoms with Gasteiger partial charge in [-0.2, -0.15) is 0 Å². The van der Waals surface area contributed by atoms with Gasteiger partial charge in [0, 0.05) is 21.8 Å². The van der Waals surface area contributed by atoms with Crippen molar-refractivity contribution in [2.45, 2.75) is 115 Å². The minimum atomic E-state index is -0.602. The first-order chi connectivity index (χ1) is 26.1. The molecule has 0 bridgehead atoms. The summed E-state index contributed by atoms with van der Waals surface area (Å²) in [5.74, 6) is 0. The molecule has 6 rings (SSSR count). The van der Waals surface area contributed by atoms with Crippen molar-refractivity contribution >= 4 is 30.3 Å². The number of thiol groups is 1. The van der Waals surface area contributed by atoms with E-state index >= 15 is 0 Å². The number of carbonyl (C=O) groups excluding carboxylic acids is 1. The molecule has 0 aliphatic heterocycles. The Kier molecular flexibility index (Phi) is 11.7. The molecule has 0 aromatic heterocycles. The van der Waals surface area contributed by atoms with Crippen LogP contribution >= 0.6 is 12.8 Å². The standard InChI is InChI=1S/C49H58N2O3S/c1-9-10-28-46(2,3)54-45(52)53-30-17-29-49(8)41-31-33(37-26-27-40(43(50)44(37)51-55)48(6,7)35-20-15-12-16-21-35)22-24-38(41)39-25-23-36(32-42(39)49)47(4,5)34-18-13-11-14-19-34/h11-16,18-27,31-32,43,55H,9-10,17,28-30,50H2,1-8H3. The lowest BCUT2D eigenvalue weighted by molar-refractivity contribution is -0.0219. The second kappa shape index (κ2) is 16.0. The molecule has 2 atom stereocenters. The van der Waals surface area contributed by atoms with Gasteiger partial charge < -0.3 is 15.2 Å². The molecular formula is C49H58N2O3S. The first-order valence-electron chi connectivity index (χ1n) is 19.8. The third-order valence-electron chi connectivity index (χ3n) is 12.2. The van der Waals surface area contributed by atoms with E-state index in [9.17, 15) is 4.79 Å². The number of benzene rings is 4. The highest BCUT2D eigenvalue weighted by molar-refractivity contribution is 7.79. The van der Waals surface area contributed by atoms with Crippen LogP contribution in [0.4, 0.5) is 4.79 Å². The summed E-state index contributed by atoms with van der Waals surface area (Å²) in [5, 5.41) is 0. The molecule has 0 amide bonds. The molecule has 5 nitrogen and oxygen atoms in total. The van der Waals surface area contributed by atoms with Crippen LogP contribution in [0.15, 0.2) is 119 Å². The second-order valence-corrected chi connectivity index (χ2v) is 17.4. The fourth-order valence-electron chi connectivity index (χ4n) is 8.61. The van der Waals surface area contributed by atoms with Gasteiger partial charge in [0.1, 0.15) is 5.60 Å². The van der Waals surface area contributed by atoms with Crippen molar-refractivity contribution in [1.82, 2.24) is 0 Å². The Morgan fingerprint density at radius 1 is 0.782 bits per heavy atom. The molecule has 0 radical (unpaired) electrons. The Bertz CT molecular complexity index is 2110. The van der Waals surface area contributed by atoms with Gasteiger partial charge in [0.25, 0.3) is 0 Å². The molecule has 2 unspecified atom stereocenters. The molecule has 0 spiro atoms. The van der Waals surface area contributed by atoms with Crippen LogP contribution < -0.4 is 5.73 Å². The van der Waals surface area contributed by atoms with Gasteiger partial charge in [-0.05, 0) is 108 Å². The lowest BCUT2D eigenvalue weighted by Crippen LogP contribution is -2.42. The fourth-order valence-corrected chi connectivity index (χ4v) is 8.84. The van der Waals surface area contributed by atoms with Gasteiger partial charge in [0.2, 0.25) is 0 Å². The SMILES string of the molecule is CCCCC(C)(C)OC(=O)OCCCC1(C)c2cc(C3=CC=C(C(C)(C)c4ccccc4)C(N)C3=NS)ccc2-c2ccc(C(C)(C)c3ccccc3)cc21. The number of unbranched alkanes of at least 4 members (excludes halogenated alkanes) is 1. The van der Waals surface area contributed by atoms with E-state index in [4.69, 9.17) is 15.2 Å². The van der Waals surface area contributed by atoms with Crippen molar-refractivity contribution in [3.05, 3.63) is 148 Å². The first-order valence-corrected chi connectivity index (χ1v) is 20.2. The first kappa shape index (κ1) is 40.3. The largest absolute Gasteiger partial charge is 0.508 e. The minimum Gasteiger partial charge on any atom is -0.434 e. The quantitative estimate of drug-likeness (QED) is 0.0810. The summed E-state index contributed by atoms with van der Waals surface area (Å²) in [4.78, 5) is 12.8. The number of allylic oxidation sites excluding steroid dienone is 2. The van der Waals surface area contributed by atoms with Crippen molar-refractivity contribution in [3.63, 3.8) is 0 Å². The Morgan fingerprint density at radius 3 is 2.00 bits per heavy atom. The highest BCUT2D eigenvalue weighted by Crippen LogP contribution is 2.53. The molecule has 4 aromatic rings. The van der Waals surface area contributed by atoms with E-state index in [1.165, 1.54) is 38.9 Å². The maximum absolute atomic E-state index is 12.8. The molecule has 0 saturated carbocycles. The van der Waals surface area contributed by atoms with Crippen molar-refractivity contribution in [1.29, 1.82) is 0 Å². The van der Waals surface area contributed by atoms with Crippen LogP contribution in [0.5, 0.6) is 0 Å². The topological polar surface area (TPSA) is 73.9 Å². The maximum Gasteiger partial charge on any atom is 0.508 e. The molecule has 6 heteroatoms. The van der Waals surface area contributed by atoms with E-state index in [0.29, 0.717) is 6.42 Å². The second-order valence-electron chi connectivity index (χ2n) is 17.2. The number of nitrogens with zero attached hydrogens (tertiary/aromatic N) is 1. The lowest BCUT2D eigenvalue weighted by atomic mass is 9.70. The number of nitrogens with two attached hydrogens (primary N) is 1. The molecule has 288 valence electrons. The molecule has 4 aromatic carbocycles. The average Bonchev–Trinajstić information content (AvgIpc) is 3.42. The predicted molar refractivity (Wildman–Crippen MR) is 232 cm³/mol. The Morgan fingerprint density at radius 2 is 1.38 bits per heavy atom. The molecule has 0 saturated heterocycles. The number of ether oxygens (including phenoxy) is 2. The summed E-state index contributed by atoms with van der Waals surface area (Å²) in [5.41, 5.74) is 18.2. The fraction of sp³-hybridized carbons (Fsp3) is 0.388. The van der Waals surface area contributed by atoms with E-state index in [1.807, 2.05) is 19.9 Å². The van der Waals surface area contributed by atoms with Crippen LogP contribution in [0.3, 0.4) is 0 Å². The van der Waals surface area contributed by atoms with Crippen molar-refractivity contribution in [2.24, 2.45) is 10.1 Å². The molecule has 2 aliphatic rings. The van der Waals surface area contributed by atoms with Crippen LogP contribution in [-0.2, 0) is 25.7 Å². The van der Waals surface area contributed by atoms with Crippen LogP contribution in [0, 0.1) is 0 Å². The summed E-state index contributed by atoms with van der Waals surface area (Å²) in [6, 6.07) is 34.5. The monoisotopic (exact) mass is 754 g/mol. The summed E-state index contributed by atoms with van der Waals surface area (Å²) < 4.78 is 15.9. The van der Waals surface area contributed by atoms with Crippen molar-refractivity contribution < 1.29 is 14.3 Å². The average molecular weight is 755 g/mol. The molecule has 0 heterocycles. The van der Waals surface area contributed by atoms with E-state index in [1.54, 1.807) is 0 Å². The Labute approximate surface area is 334 Å². The highest BCUT2D eigenvalue weighted by Gasteiger charge is 2.41. The van der Waals surface area contributed by atoms with Gasteiger partial charge in [-0.25, -0.2) is 9.19 Å². The van der Waals surface area contributed by atoms with E-state index in [0.717, 1.165) is 48.1 Å². The van der Waals surface area contributed by atoms with Gasteiger partial charge in [-0.3, -0.25) is 0 Å². The van der Waals surface area contributed by atoms with E-state index < -0.39 is 17.8 Å². The van der Waals surface area contributed by atoms with Crippen LogP contribution in [-0.4, -0.2) is 30.1 Å². The maximum atomic E-state index is 12.8. The summed E-state index contributed by atoms with van der Waals surface area (Å²) >= 11 is 4.48. The van der Waals surface area contributed by atoms with E-state index in [2.05, 4.69) is 162 Å². The zero-order valence-corrected chi connectivity index (χ0v) is 34.8. The summed E-state index contributed by atoms with van der Waals surface area (Å²) in [6.45, 7) is 17.7. The number of hydrogen-bond acceptors (Lipinski definition) is 6. The summed E-state index contributed by atoms with van der Waals surface area (Å²) in [6.07, 6.45) is 8.03. The molecule has 55 heavy (non-hydrogen) atoms. The Hall–Kier alpha value is -4.39.